The maximum Gasteiger partial charge on any atom is 0.217 e. The van der Waals surface area contributed by atoms with Crippen molar-refractivity contribution < 1.29 is 13.2 Å². The molecule has 86 valence electrons. The minimum Gasteiger partial charge on any atom is -0.381 e. The van der Waals surface area contributed by atoms with Crippen LogP contribution >= 0.6 is 0 Å². The van der Waals surface area contributed by atoms with E-state index in [0.29, 0.717) is 19.6 Å². The van der Waals surface area contributed by atoms with Gasteiger partial charge in [-0.3, -0.25) is 0 Å². The van der Waals surface area contributed by atoms with Crippen molar-refractivity contribution in [1.29, 1.82) is 5.26 Å². The van der Waals surface area contributed by atoms with Crippen LogP contribution in [0.4, 0.5) is 0 Å². The van der Waals surface area contributed by atoms with Gasteiger partial charge in [0.25, 0.3) is 0 Å². The largest absolute Gasteiger partial charge is 0.381 e. The van der Waals surface area contributed by atoms with Crippen LogP contribution in [0.2, 0.25) is 0 Å². The van der Waals surface area contributed by atoms with E-state index in [2.05, 4.69) is 0 Å². The molecule has 0 aromatic rings. The lowest BCUT2D eigenvalue weighted by atomic mass is 10.2. The van der Waals surface area contributed by atoms with Crippen molar-refractivity contribution in [3.8, 4) is 6.07 Å². The van der Waals surface area contributed by atoms with Gasteiger partial charge in [0.1, 0.15) is 6.04 Å². The van der Waals surface area contributed by atoms with Gasteiger partial charge in [-0.15, -0.1) is 0 Å². The molecule has 1 atom stereocenters. The summed E-state index contributed by atoms with van der Waals surface area (Å²) in [7, 11) is -3.31. The summed E-state index contributed by atoms with van der Waals surface area (Å²) in [6.45, 7) is 3.00. The van der Waals surface area contributed by atoms with Gasteiger partial charge in [-0.2, -0.15) is 9.57 Å². The Morgan fingerprint density at radius 1 is 1.60 bits per heavy atom. The molecule has 1 fully saturated rings. The van der Waals surface area contributed by atoms with Crippen LogP contribution in [0.1, 0.15) is 19.8 Å². The molecule has 1 heterocycles. The van der Waals surface area contributed by atoms with Crippen LogP contribution in [-0.4, -0.2) is 44.3 Å². The van der Waals surface area contributed by atoms with E-state index in [1.165, 1.54) is 4.31 Å². The smallest absolute Gasteiger partial charge is 0.217 e. The number of sulfonamides is 1. The Hall–Kier alpha value is -0.640. The molecule has 0 bridgehead atoms. The second-order valence-electron chi connectivity index (χ2n) is 3.41. The topological polar surface area (TPSA) is 70.4 Å². The summed E-state index contributed by atoms with van der Waals surface area (Å²) in [5.41, 5.74) is 0. The normalized spacial score (nSPS) is 22.8. The molecule has 0 N–H and O–H groups in total. The van der Waals surface area contributed by atoms with E-state index < -0.39 is 16.1 Å². The Bertz CT molecular complexity index is 334. The minimum atomic E-state index is -3.31. The van der Waals surface area contributed by atoms with Gasteiger partial charge in [0.15, 0.2) is 0 Å². The standard InChI is InChI=1S/C9H16N2O3S/c1-2-14-6-7-15(12,13)11-5-3-4-9(11)8-10/h9H,2-7H2,1H3. The molecule has 0 aliphatic carbocycles. The Balaban J connectivity index is 2.57. The Kier molecular flexibility index (Phi) is 4.51. The molecular weight excluding hydrogens is 216 g/mol. The zero-order chi connectivity index (χ0) is 11.3. The van der Waals surface area contributed by atoms with Crippen molar-refractivity contribution in [2.75, 3.05) is 25.5 Å². The van der Waals surface area contributed by atoms with Gasteiger partial charge in [-0.05, 0) is 19.8 Å². The summed E-state index contributed by atoms with van der Waals surface area (Å²) < 4.78 is 29.9. The van der Waals surface area contributed by atoms with Crippen LogP contribution in [0.5, 0.6) is 0 Å². The lowest BCUT2D eigenvalue weighted by Crippen LogP contribution is -2.37. The van der Waals surface area contributed by atoms with Gasteiger partial charge in [0.2, 0.25) is 10.0 Å². The fraction of sp³-hybridized carbons (Fsp3) is 0.889. The maximum absolute atomic E-state index is 11.8. The van der Waals surface area contributed by atoms with Gasteiger partial charge < -0.3 is 4.74 Å². The Morgan fingerprint density at radius 2 is 2.33 bits per heavy atom. The second kappa shape index (κ2) is 5.45. The molecule has 5 nitrogen and oxygen atoms in total. The van der Waals surface area contributed by atoms with Crippen LogP contribution in [0.15, 0.2) is 0 Å². The fourth-order valence-electron chi connectivity index (χ4n) is 1.63. The quantitative estimate of drug-likeness (QED) is 0.641. The van der Waals surface area contributed by atoms with Crippen LogP contribution in [-0.2, 0) is 14.8 Å². The van der Waals surface area contributed by atoms with Gasteiger partial charge in [-0.25, -0.2) is 8.42 Å². The Labute approximate surface area is 90.7 Å². The summed E-state index contributed by atoms with van der Waals surface area (Å²) in [4.78, 5) is 0. The summed E-state index contributed by atoms with van der Waals surface area (Å²) in [6, 6.07) is 1.54. The van der Waals surface area contributed by atoms with E-state index in [1.54, 1.807) is 0 Å². The molecule has 0 aromatic heterocycles. The van der Waals surface area contributed by atoms with Crippen molar-refractivity contribution in [2.45, 2.75) is 25.8 Å². The molecule has 1 aliphatic heterocycles. The van der Waals surface area contributed by atoms with Crippen molar-refractivity contribution in [2.24, 2.45) is 0 Å². The first-order valence-electron chi connectivity index (χ1n) is 5.08. The van der Waals surface area contributed by atoms with E-state index >= 15 is 0 Å². The highest BCUT2D eigenvalue weighted by Gasteiger charge is 2.33. The molecule has 1 aliphatic rings. The minimum absolute atomic E-state index is 0.0288. The highest BCUT2D eigenvalue weighted by atomic mass is 32.2. The third-order valence-corrected chi connectivity index (χ3v) is 4.23. The molecule has 1 rings (SSSR count). The highest BCUT2D eigenvalue weighted by Crippen LogP contribution is 2.20. The zero-order valence-electron chi connectivity index (χ0n) is 8.85. The van der Waals surface area contributed by atoms with E-state index in [0.717, 1.165) is 6.42 Å². The number of hydrogen-bond donors (Lipinski definition) is 0. The molecule has 0 aromatic carbocycles. The predicted octanol–water partition coefficient (Wildman–Crippen LogP) is 0.341. The summed E-state index contributed by atoms with van der Waals surface area (Å²) in [6.07, 6.45) is 1.41. The second-order valence-corrected chi connectivity index (χ2v) is 5.45. The van der Waals surface area contributed by atoms with Crippen LogP contribution in [0.25, 0.3) is 0 Å². The van der Waals surface area contributed by atoms with Gasteiger partial charge >= 0.3 is 0 Å². The van der Waals surface area contributed by atoms with E-state index in [-0.39, 0.29) is 12.4 Å². The monoisotopic (exact) mass is 232 g/mol. The third kappa shape index (κ3) is 3.16. The van der Waals surface area contributed by atoms with Crippen molar-refractivity contribution in [3.63, 3.8) is 0 Å². The van der Waals surface area contributed by atoms with Crippen LogP contribution in [0.3, 0.4) is 0 Å². The van der Waals surface area contributed by atoms with Crippen molar-refractivity contribution >= 4 is 10.0 Å². The van der Waals surface area contributed by atoms with Crippen molar-refractivity contribution in [1.82, 2.24) is 4.31 Å². The molecule has 0 radical (unpaired) electrons. The lowest BCUT2D eigenvalue weighted by molar-refractivity contribution is 0.162. The zero-order valence-corrected chi connectivity index (χ0v) is 9.66. The number of ether oxygens (including phenoxy) is 1. The molecule has 15 heavy (non-hydrogen) atoms. The first-order valence-corrected chi connectivity index (χ1v) is 6.69. The van der Waals surface area contributed by atoms with Gasteiger partial charge in [0, 0.05) is 13.2 Å². The van der Waals surface area contributed by atoms with Crippen LogP contribution < -0.4 is 0 Å². The predicted molar refractivity (Wildman–Crippen MR) is 55.6 cm³/mol. The lowest BCUT2D eigenvalue weighted by Gasteiger charge is -2.18. The first kappa shape index (κ1) is 12.4. The molecule has 1 unspecified atom stereocenters. The number of rotatable bonds is 5. The van der Waals surface area contributed by atoms with Gasteiger partial charge in [0.05, 0.1) is 18.4 Å². The van der Waals surface area contributed by atoms with E-state index in [9.17, 15) is 8.42 Å². The average Bonchev–Trinajstić information content (AvgIpc) is 2.66. The summed E-state index contributed by atoms with van der Waals surface area (Å²) in [5, 5.41) is 8.78. The Morgan fingerprint density at radius 3 is 2.93 bits per heavy atom. The molecule has 0 spiro atoms. The van der Waals surface area contributed by atoms with Crippen LogP contribution in [0, 0.1) is 11.3 Å². The molecule has 0 amide bonds. The van der Waals surface area contributed by atoms with E-state index in [1.807, 2.05) is 13.0 Å². The molecule has 1 saturated heterocycles. The summed E-state index contributed by atoms with van der Waals surface area (Å²) >= 11 is 0. The average molecular weight is 232 g/mol. The molecule has 0 saturated carbocycles. The maximum atomic E-state index is 11.8. The summed E-state index contributed by atoms with van der Waals surface area (Å²) in [5.74, 6) is -0.0288. The van der Waals surface area contributed by atoms with Gasteiger partial charge in [-0.1, -0.05) is 0 Å². The van der Waals surface area contributed by atoms with Crippen molar-refractivity contribution in [3.05, 3.63) is 0 Å². The third-order valence-electron chi connectivity index (χ3n) is 2.40. The molecule has 6 heteroatoms. The fourth-order valence-corrected chi connectivity index (χ4v) is 3.14. The molecular formula is C9H16N2O3S. The highest BCUT2D eigenvalue weighted by molar-refractivity contribution is 7.89. The first-order chi connectivity index (χ1) is 7.11. The van der Waals surface area contributed by atoms with E-state index in [4.69, 9.17) is 10.00 Å². The SMILES string of the molecule is CCOCCS(=O)(=O)N1CCCC1C#N. The number of hydrogen-bond acceptors (Lipinski definition) is 4. The number of nitriles is 1. The number of nitrogens with zero attached hydrogens (tertiary/aromatic N) is 2.